The maximum atomic E-state index is 12.6. The van der Waals surface area contributed by atoms with Crippen molar-refractivity contribution in [2.24, 2.45) is 5.92 Å². The van der Waals surface area contributed by atoms with E-state index in [2.05, 4.69) is 0 Å². The number of ether oxygens (including phenoxy) is 3. The van der Waals surface area contributed by atoms with Gasteiger partial charge in [-0.3, -0.25) is 0 Å². The number of hydrogen-bond donors (Lipinski definition) is 2. The van der Waals surface area contributed by atoms with Crippen molar-refractivity contribution in [2.75, 3.05) is 7.11 Å². The summed E-state index contributed by atoms with van der Waals surface area (Å²) in [5, 5.41) is 20.1. The summed E-state index contributed by atoms with van der Waals surface area (Å²) in [5.41, 5.74) is 1.23. The lowest BCUT2D eigenvalue weighted by molar-refractivity contribution is 0.0454. The molecule has 6 heteroatoms. The number of carbonyl (C=O) groups is 1. The first kappa shape index (κ1) is 18.1. The highest BCUT2D eigenvalue weighted by Gasteiger charge is 2.29. The fourth-order valence-corrected chi connectivity index (χ4v) is 3.03. The first-order chi connectivity index (χ1) is 12.4. The number of methoxy groups -OCH3 is 1. The number of carbonyl (C=O) groups excluding carboxylic acids is 1. The number of fused-ring (bicyclic) bond motifs is 2. The molecule has 0 radical (unpaired) electrons. The molecule has 6 nitrogen and oxygen atoms in total. The monoisotopic (exact) mass is 358 g/mol. The fraction of sp³-hybridized carbons (Fsp3) is 0.350. The molecule has 3 rings (SSSR count). The zero-order valence-corrected chi connectivity index (χ0v) is 15.0. The van der Waals surface area contributed by atoms with E-state index in [-0.39, 0.29) is 35.3 Å². The summed E-state index contributed by atoms with van der Waals surface area (Å²) in [6, 6.07) is 7.92. The lowest BCUT2D eigenvalue weighted by Crippen LogP contribution is -2.14. The van der Waals surface area contributed by atoms with Gasteiger partial charge in [0.05, 0.1) is 13.2 Å². The maximum Gasteiger partial charge on any atom is 0.346 e. The summed E-state index contributed by atoms with van der Waals surface area (Å²) < 4.78 is 16.7. The van der Waals surface area contributed by atoms with Gasteiger partial charge in [-0.1, -0.05) is 13.8 Å². The van der Waals surface area contributed by atoms with Gasteiger partial charge in [0.25, 0.3) is 0 Å². The van der Waals surface area contributed by atoms with Gasteiger partial charge < -0.3 is 24.4 Å². The number of phenolic OH excluding ortho intramolecular Hbond substituents is 1. The van der Waals surface area contributed by atoms with Crippen LogP contribution in [0.5, 0.6) is 23.0 Å². The van der Waals surface area contributed by atoms with Crippen molar-refractivity contribution >= 4 is 5.97 Å². The molecule has 0 aliphatic carbocycles. The van der Waals surface area contributed by atoms with E-state index >= 15 is 0 Å². The summed E-state index contributed by atoms with van der Waals surface area (Å²) >= 11 is 0. The first-order valence-electron chi connectivity index (χ1n) is 8.46. The molecule has 2 N–H and O–H groups in total. The number of esters is 1. The van der Waals surface area contributed by atoms with Crippen LogP contribution < -0.4 is 9.47 Å². The Morgan fingerprint density at radius 2 is 1.92 bits per heavy atom. The lowest BCUT2D eigenvalue weighted by Gasteiger charge is -2.23. The third-order valence-corrected chi connectivity index (χ3v) is 4.23. The molecule has 2 aromatic carbocycles. The smallest absolute Gasteiger partial charge is 0.346 e. The molecule has 138 valence electrons. The van der Waals surface area contributed by atoms with E-state index in [0.717, 1.165) is 0 Å². The Labute approximate surface area is 151 Å². The van der Waals surface area contributed by atoms with Crippen LogP contribution in [0.25, 0.3) is 0 Å². The summed E-state index contributed by atoms with van der Waals surface area (Å²) in [7, 11) is 1.44. The number of cyclic esters (lactones) is 1. The van der Waals surface area contributed by atoms with Crippen molar-refractivity contribution in [3.8, 4) is 23.0 Å². The van der Waals surface area contributed by atoms with Crippen molar-refractivity contribution < 1.29 is 29.2 Å². The summed E-state index contributed by atoms with van der Waals surface area (Å²) in [5.74, 6) is 0.744. The van der Waals surface area contributed by atoms with Crippen LogP contribution in [0.15, 0.2) is 30.3 Å². The molecule has 0 saturated heterocycles. The molecule has 1 atom stereocenters. The second-order valence-electron chi connectivity index (χ2n) is 6.68. The summed E-state index contributed by atoms with van der Waals surface area (Å²) in [6.07, 6.45) is -0.231. The molecule has 0 saturated carbocycles. The molecule has 2 aromatic rings. The van der Waals surface area contributed by atoms with Crippen molar-refractivity contribution in [3.63, 3.8) is 0 Å². The Bertz CT molecular complexity index is 827. The van der Waals surface area contributed by atoms with Crippen molar-refractivity contribution in [1.82, 2.24) is 0 Å². The molecule has 1 unspecified atom stereocenters. The highest BCUT2D eigenvalue weighted by molar-refractivity contribution is 5.96. The van der Waals surface area contributed by atoms with Crippen LogP contribution in [0.4, 0.5) is 0 Å². The summed E-state index contributed by atoms with van der Waals surface area (Å²) in [4.78, 5) is 12.6. The van der Waals surface area contributed by atoms with Crippen LogP contribution in [0.1, 0.15) is 47.9 Å². The van der Waals surface area contributed by atoms with Crippen LogP contribution >= 0.6 is 0 Å². The van der Waals surface area contributed by atoms with E-state index in [9.17, 15) is 15.0 Å². The minimum atomic E-state index is -0.766. The van der Waals surface area contributed by atoms with E-state index in [1.54, 1.807) is 18.2 Å². The third kappa shape index (κ3) is 3.46. The molecule has 0 aromatic heterocycles. The zero-order valence-electron chi connectivity index (χ0n) is 15.0. The molecule has 1 aliphatic rings. The van der Waals surface area contributed by atoms with E-state index in [0.29, 0.717) is 23.3 Å². The number of benzene rings is 2. The first-order valence-corrected chi connectivity index (χ1v) is 8.46. The lowest BCUT2D eigenvalue weighted by atomic mass is 9.96. The van der Waals surface area contributed by atoms with E-state index in [1.807, 2.05) is 13.8 Å². The zero-order chi connectivity index (χ0) is 18.8. The average Bonchev–Trinajstić information content (AvgIpc) is 2.59. The van der Waals surface area contributed by atoms with Gasteiger partial charge in [0.2, 0.25) is 0 Å². The Kier molecular flexibility index (Phi) is 5.04. The molecule has 1 heterocycles. The van der Waals surface area contributed by atoms with Crippen LogP contribution in [0.2, 0.25) is 0 Å². The quantitative estimate of drug-likeness (QED) is 0.805. The number of aliphatic hydroxyl groups is 1. The highest BCUT2D eigenvalue weighted by atomic mass is 16.5. The van der Waals surface area contributed by atoms with Gasteiger partial charge >= 0.3 is 5.97 Å². The number of rotatable bonds is 4. The maximum absolute atomic E-state index is 12.6. The Balaban J connectivity index is 2.09. The predicted octanol–water partition coefficient (Wildman–Crippen LogP) is 3.94. The third-order valence-electron chi connectivity index (χ3n) is 4.23. The van der Waals surface area contributed by atoms with Gasteiger partial charge in [-0.2, -0.15) is 0 Å². The Hall–Kier alpha value is -2.73. The number of aliphatic hydroxyl groups excluding tert-OH is 1. The van der Waals surface area contributed by atoms with Crippen molar-refractivity contribution in [1.29, 1.82) is 0 Å². The molecular weight excluding hydrogens is 336 g/mol. The normalized spacial score (nSPS) is 14.4. The molecule has 0 spiro atoms. The molecular formula is C20H22O6. The van der Waals surface area contributed by atoms with E-state index in [4.69, 9.17) is 14.2 Å². The highest BCUT2D eigenvalue weighted by Crippen LogP contribution is 2.41. The van der Waals surface area contributed by atoms with Crippen LogP contribution in [0, 0.1) is 5.92 Å². The molecule has 0 bridgehead atoms. The Morgan fingerprint density at radius 1 is 1.19 bits per heavy atom. The second kappa shape index (κ2) is 7.25. The van der Waals surface area contributed by atoms with Gasteiger partial charge in [-0.05, 0) is 42.7 Å². The minimum Gasteiger partial charge on any atom is -0.508 e. The molecule has 0 fully saturated rings. The largest absolute Gasteiger partial charge is 0.508 e. The predicted molar refractivity (Wildman–Crippen MR) is 94.7 cm³/mol. The van der Waals surface area contributed by atoms with Gasteiger partial charge in [0, 0.05) is 11.1 Å². The number of hydrogen-bond acceptors (Lipinski definition) is 6. The minimum absolute atomic E-state index is 0.0378. The topological polar surface area (TPSA) is 85.2 Å². The van der Waals surface area contributed by atoms with Gasteiger partial charge in [-0.15, -0.1) is 0 Å². The second-order valence-corrected chi connectivity index (χ2v) is 6.68. The van der Waals surface area contributed by atoms with Gasteiger partial charge in [0.1, 0.15) is 35.2 Å². The van der Waals surface area contributed by atoms with Gasteiger partial charge in [0.15, 0.2) is 0 Å². The van der Waals surface area contributed by atoms with E-state index < -0.39 is 12.1 Å². The molecule has 1 aliphatic heterocycles. The average molecular weight is 358 g/mol. The van der Waals surface area contributed by atoms with Crippen molar-refractivity contribution in [2.45, 2.75) is 33.0 Å². The summed E-state index contributed by atoms with van der Waals surface area (Å²) in [6.45, 7) is 3.98. The number of phenols is 1. The standard InChI is InChI=1S/C20H22O6/c1-11(2)8-15(22)14-5-7-17-18(19(14)24-3)20(23)25-10-12-9-13(21)4-6-16(12)26-17/h4-7,9,11,15,21-22H,8,10H2,1-3H3. The van der Waals surface area contributed by atoms with Gasteiger partial charge in [-0.25, -0.2) is 4.79 Å². The number of aromatic hydroxyl groups is 1. The van der Waals surface area contributed by atoms with Crippen molar-refractivity contribution in [3.05, 3.63) is 47.0 Å². The van der Waals surface area contributed by atoms with E-state index in [1.165, 1.54) is 19.2 Å². The Morgan fingerprint density at radius 3 is 2.62 bits per heavy atom. The fourth-order valence-electron chi connectivity index (χ4n) is 3.03. The SMILES string of the molecule is COc1c(C(O)CC(C)C)ccc2c1C(=O)OCc1cc(O)ccc1O2. The van der Waals surface area contributed by atoms with Crippen LogP contribution in [0.3, 0.4) is 0 Å². The van der Waals surface area contributed by atoms with Crippen LogP contribution in [-0.2, 0) is 11.3 Å². The van der Waals surface area contributed by atoms with Crippen LogP contribution in [-0.4, -0.2) is 23.3 Å². The molecule has 26 heavy (non-hydrogen) atoms. The molecule has 0 amide bonds.